The summed E-state index contributed by atoms with van der Waals surface area (Å²) in [6, 6.07) is 0. The fourth-order valence-electron chi connectivity index (χ4n) is 9.25. The van der Waals surface area contributed by atoms with Gasteiger partial charge in [-0.25, -0.2) is 0 Å². The second-order valence-electron chi connectivity index (χ2n) is 21.3. The van der Waals surface area contributed by atoms with Gasteiger partial charge < -0.3 is 14.2 Å². The van der Waals surface area contributed by atoms with Crippen LogP contribution in [0.5, 0.6) is 0 Å². The van der Waals surface area contributed by atoms with E-state index < -0.39 is 6.10 Å². The minimum Gasteiger partial charge on any atom is -0.462 e. The van der Waals surface area contributed by atoms with Crippen LogP contribution < -0.4 is 0 Å². The molecule has 0 aromatic carbocycles. The summed E-state index contributed by atoms with van der Waals surface area (Å²) in [6.45, 7) is 6.55. The third-order valence-corrected chi connectivity index (χ3v) is 14.0. The summed E-state index contributed by atoms with van der Waals surface area (Å²) < 4.78 is 16.9. The molecule has 6 nitrogen and oxygen atoms in total. The first-order valence-corrected chi connectivity index (χ1v) is 31.8. The zero-order valence-electron chi connectivity index (χ0n) is 48.7. The maximum Gasteiger partial charge on any atom is 0.306 e. The largest absolute Gasteiger partial charge is 0.462 e. The van der Waals surface area contributed by atoms with Gasteiger partial charge in [0.25, 0.3) is 0 Å². The Morgan fingerprint density at radius 1 is 0.288 bits per heavy atom. The molecule has 0 saturated heterocycles. The molecule has 0 bridgehead atoms. The van der Waals surface area contributed by atoms with Gasteiger partial charge >= 0.3 is 17.9 Å². The highest BCUT2D eigenvalue weighted by Gasteiger charge is 2.19. The van der Waals surface area contributed by atoms with Crippen LogP contribution in [0.25, 0.3) is 0 Å². The zero-order valence-corrected chi connectivity index (χ0v) is 48.7. The van der Waals surface area contributed by atoms with Crippen molar-refractivity contribution in [3.8, 4) is 0 Å². The normalized spacial score (nSPS) is 12.4. The lowest BCUT2D eigenvalue weighted by atomic mass is 10.0. The van der Waals surface area contributed by atoms with Crippen LogP contribution in [0.3, 0.4) is 0 Å². The van der Waals surface area contributed by atoms with Crippen LogP contribution in [0, 0.1) is 0 Å². The van der Waals surface area contributed by atoms with Crippen molar-refractivity contribution >= 4 is 17.9 Å². The highest BCUT2D eigenvalue weighted by atomic mass is 16.6. The lowest BCUT2D eigenvalue weighted by Gasteiger charge is -2.18. The fourth-order valence-corrected chi connectivity index (χ4v) is 9.25. The van der Waals surface area contributed by atoms with Gasteiger partial charge in [-0.15, -0.1) is 0 Å². The quantitative estimate of drug-likeness (QED) is 0.0261. The number of hydrogen-bond donors (Lipinski definition) is 0. The average molecular weight is 1020 g/mol. The van der Waals surface area contributed by atoms with E-state index in [2.05, 4.69) is 81.5 Å². The zero-order chi connectivity index (χ0) is 52.9. The number of ether oxygens (including phenoxy) is 3. The number of unbranched alkanes of at least 4 members (excludes halogenated alkanes) is 37. The molecule has 0 aliphatic rings. The summed E-state index contributed by atoms with van der Waals surface area (Å²) in [7, 11) is 0. The summed E-state index contributed by atoms with van der Waals surface area (Å²) >= 11 is 0. The van der Waals surface area contributed by atoms with Gasteiger partial charge in [0.1, 0.15) is 13.2 Å². The predicted molar refractivity (Wildman–Crippen MR) is 316 cm³/mol. The number of rotatable bonds is 58. The lowest BCUT2D eigenvalue weighted by Crippen LogP contribution is -2.30. The molecule has 0 aromatic rings. The van der Waals surface area contributed by atoms with Gasteiger partial charge in [-0.3, -0.25) is 14.4 Å². The molecule has 0 aliphatic heterocycles. The third kappa shape index (κ3) is 59.9. The van der Waals surface area contributed by atoms with Crippen molar-refractivity contribution in [2.45, 2.75) is 335 Å². The Kier molecular flexibility index (Phi) is 59.2. The molecule has 0 rings (SSSR count). The monoisotopic (exact) mass is 1020 g/mol. The Morgan fingerprint density at radius 3 is 0.863 bits per heavy atom. The lowest BCUT2D eigenvalue weighted by molar-refractivity contribution is -0.167. The van der Waals surface area contributed by atoms with Gasteiger partial charge in [0.2, 0.25) is 0 Å². The second-order valence-corrected chi connectivity index (χ2v) is 21.3. The van der Waals surface area contributed by atoms with Crippen molar-refractivity contribution in [1.82, 2.24) is 0 Å². The molecule has 1 atom stereocenters. The highest BCUT2D eigenvalue weighted by Crippen LogP contribution is 2.17. The first kappa shape index (κ1) is 70.1. The molecule has 0 N–H and O–H groups in total. The molecular weight excluding hydrogens is 901 g/mol. The van der Waals surface area contributed by atoms with Gasteiger partial charge in [-0.2, -0.15) is 0 Å². The van der Waals surface area contributed by atoms with Crippen LogP contribution in [0.2, 0.25) is 0 Å². The molecule has 0 radical (unpaired) electrons. The van der Waals surface area contributed by atoms with Crippen molar-refractivity contribution < 1.29 is 28.6 Å². The molecule has 73 heavy (non-hydrogen) atoms. The van der Waals surface area contributed by atoms with E-state index in [9.17, 15) is 14.4 Å². The van der Waals surface area contributed by atoms with Crippen LogP contribution in [0.4, 0.5) is 0 Å². The number of allylic oxidation sites excluding steroid dienone is 10. The van der Waals surface area contributed by atoms with Crippen molar-refractivity contribution in [2.24, 2.45) is 0 Å². The predicted octanol–water partition coefficient (Wildman–Crippen LogP) is 21.6. The minimum absolute atomic E-state index is 0.0766. The van der Waals surface area contributed by atoms with Gasteiger partial charge in [-0.05, 0) is 83.5 Å². The minimum atomic E-state index is -0.779. The number of carbonyl (C=O) groups excluding carboxylic acids is 3. The molecular formula is C67H120O6. The molecule has 0 amide bonds. The van der Waals surface area contributed by atoms with Crippen molar-refractivity contribution in [2.75, 3.05) is 13.2 Å². The molecule has 0 fully saturated rings. The maximum atomic E-state index is 12.9. The van der Waals surface area contributed by atoms with Crippen LogP contribution in [-0.2, 0) is 28.6 Å². The van der Waals surface area contributed by atoms with E-state index in [0.717, 1.165) is 89.9 Å². The van der Waals surface area contributed by atoms with Crippen LogP contribution in [0.15, 0.2) is 60.8 Å². The highest BCUT2D eigenvalue weighted by molar-refractivity contribution is 5.71. The number of esters is 3. The van der Waals surface area contributed by atoms with E-state index in [-0.39, 0.29) is 31.1 Å². The number of carbonyl (C=O) groups is 3. The van der Waals surface area contributed by atoms with E-state index in [1.165, 1.54) is 199 Å². The second kappa shape index (κ2) is 61.7. The molecule has 0 aromatic heterocycles. The maximum absolute atomic E-state index is 12.9. The van der Waals surface area contributed by atoms with Crippen LogP contribution in [0.1, 0.15) is 329 Å². The SMILES string of the molecule is CC/C=C\C/C=C\C/C=C\CCCCCCCCCCCC(=O)OCC(COC(=O)CCCCCCCCC/C=C\C/C=C\CCCCC)OC(=O)CCCCCCCCCCCCCCCCCCCCC. The van der Waals surface area contributed by atoms with Gasteiger partial charge in [0.15, 0.2) is 6.10 Å². The summed E-state index contributed by atoms with van der Waals surface area (Å²) in [5, 5.41) is 0. The number of hydrogen-bond acceptors (Lipinski definition) is 6. The standard InChI is InChI=1S/C67H120O6/c1-4-7-10-13-16-19-22-25-28-31-33-36-39-42-45-48-51-54-57-60-66(69)72-63-64(62-71-65(68)59-56-53-50-47-44-41-38-35-30-27-24-21-18-15-12-9-6-3)73-67(70)61-58-55-52-49-46-43-40-37-34-32-29-26-23-20-17-14-11-8-5-2/h7,10,16,18-19,21,25,27-28,30,64H,4-6,8-9,11-15,17,20,22-24,26,29,31-63H2,1-3H3/b10-7-,19-16-,21-18-,28-25-,30-27-. The average Bonchev–Trinajstić information content (AvgIpc) is 3.39. The molecule has 424 valence electrons. The summed E-state index contributed by atoms with van der Waals surface area (Å²) in [4.78, 5) is 38.3. The molecule has 1 unspecified atom stereocenters. The van der Waals surface area contributed by atoms with Gasteiger partial charge in [0, 0.05) is 19.3 Å². The van der Waals surface area contributed by atoms with Crippen molar-refractivity contribution in [1.29, 1.82) is 0 Å². The van der Waals surface area contributed by atoms with Crippen LogP contribution in [-0.4, -0.2) is 37.2 Å². The van der Waals surface area contributed by atoms with E-state index >= 15 is 0 Å². The van der Waals surface area contributed by atoms with Gasteiger partial charge in [-0.1, -0.05) is 287 Å². The molecule has 6 heteroatoms. The topological polar surface area (TPSA) is 78.9 Å². The molecule has 0 aliphatic carbocycles. The first-order chi connectivity index (χ1) is 36.0. The Balaban J connectivity index is 4.36. The Hall–Kier alpha value is -2.89. The smallest absolute Gasteiger partial charge is 0.306 e. The molecule has 0 heterocycles. The van der Waals surface area contributed by atoms with Crippen LogP contribution >= 0.6 is 0 Å². The van der Waals surface area contributed by atoms with Crippen molar-refractivity contribution in [3.63, 3.8) is 0 Å². The summed E-state index contributed by atoms with van der Waals surface area (Å²) in [5.41, 5.74) is 0. The fraction of sp³-hybridized carbons (Fsp3) is 0.806. The summed E-state index contributed by atoms with van der Waals surface area (Å²) in [5.74, 6) is -0.870. The first-order valence-electron chi connectivity index (χ1n) is 31.8. The summed E-state index contributed by atoms with van der Waals surface area (Å²) in [6.07, 6.45) is 77.9. The van der Waals surface area contributed by atoms with E-state index in [1.54, 1.807) is 0 Å². The molecule has 0 spiro atoms. The van der Waals surface area contributed by atoms with Crippen molar-refractivity contribution in [3.05, 3.63) is 60.8 Å². The van der Waals surface area contributed by atoms with E-state index in [1.807, 2.05) is 0 Å². The Labute approximate surface area is 453 Å². The molecule has 0 saturated carbocycles. The Bertz CT molecular complexity index is 1310. The van der Waals surface area contributed by atoms with Gasteiger partial charge in [0.05, 0.1) is 0 Å². The Morgan fingerprint density at radius 2 is 0.534 bits per heavy atom. The van der Waals surface area contributed by atoms with E-state index in [4.69, 9.17) is 14.2 Å². The third-order valence-electron chi connectivity index (χ3n) is 14.0. The van der Waals surface area contributed by atoms with E-state index in [0.29, 0.717) is 19.3 Å².